The van der Waals surface area contributed by atoms with Gasteiger partial charge >= 0.3 is 6.09 Å². The lowest BCUT2D eigenvalue weighted by Crippen LogP contribution is -2.32. The smallest absolute Gasteiger partial charge is 0.407 e. The second kappa shape index (κ2) is 11.6. The van der Waals surface area contributed by atoms with Crippen molar-refractivity contribution in [3.63, 3.8) is 0 Å². The zero-order valence-electron chi connectivity index (χ0n) is 21.6. The van der Waals surface area contributed by atoms with Gasteiger partial charge in [-0.1, -0.05) is 0 Å². The van der Waals surface area contributed by atoms with Gasteiger partial charge in [-0.05, 0) is 86.3 Å². The number of nitrogens with zero attached hydrogens (tertiary/aromatic N) is 1. The first kappa shape index (κ1) is 26.5. The molecule has 2 N–H and O–H groups in total. The maximum atomic E-state index is 13.2. The standard InChI is InChI=1S/C28H33N3O5/c1-18-7-8-29-17-25(18)21-9-19(16-31-27(33)36-28(2,3)4)10-22(13-21)26(32)30-15-20-11-23(34-5)14-24(12-20)35-6/h7-14,17H,15-16H2,1-6H3,(H,30,32)(H,31,33). The van der Waals surface area contributed by atoms with E-state index < -0.39 is 11.7 Å². The molecule has 0 unspecified atom stereocenters. The number of rotatable bonds is 8. The van der Waals surface area contributed by atoms with Crippen molar-refractivity contribution >= 4 is 12.0 Å². The van der Waals surface area contributed by atoms with Gasteiger partial charge in [-0.2, -0.15) is 0 Å². The number of methoxy groups -OCH3 is 2. The lowest BCUT2D eigenvalue weighted by atomic mass is 9.97. The Bertz CT molecular complexity index is 1210. The topological polar surface area (TPSA) is 98.8 Å². The molecule has 1 heterocycles. The Morgan fingerprint density at radius 2 is 1.53 bits per heavy atom. The molecule has 8 heteroatoms. The molecule has 2 aromatic carbocycles. The van der Waals surface area contributed by atoms with Gasteiger partial charge in [0, 0.05) is 42.7 Å². The van der Waals surface area contributed by atoms with Crippen molar-refractivity contribution in [3.05, 3.63) is 77.1 Å². The maximum absolute atomic E-state index is 13.2. The number of carbonyl (C=O) groups excluding carboxylic acids is 2. The SMILES string of the molecule is COc1cc(CNC(=O)c2cc(CNC(=O)OC(C)(C)C)cc(-c3cnccc3C)c2)cc(OC)c1. The number of pyridine rings is 1. The number of ether oxygens (including phenoxy) is 3. The molecule has 0 atom stereocenters. The molecule has 0 aliphatic carbocycles. The minimum Gasteiger partial charge on any atom is -0.497 e. The Balaban J connectivity index is 1.85. The third-order valence-electron chi connectivity index (χ3n) is 5.31. The average Bonchev–Trinajstić information content (AvgIpc) is 2.84. The predicted octanol–water partition coefficient (Wildman–Crippen LogP) is 5.03. The summed E-state index contributed by atoms with van der Waals surface area (Å²) < 4.78 is 16.0. The van der Waals surface area contributed by atoms with Crippen LogP contribution in [0, 0.1) is 6.92 Å². The molecule has 2 amide bonds. The Kier molecular flexibility index (Phi) is 8.53. The molecule has 1 aromatic heterocycles. The van der Waals surface area contributed by atoms with Crippen molar-refractivity contribution in [1.82, 2.24) is 15.6 Å². The zero-order valence-corrected chi connectivity index (χ0v) is 21.6. The van der Waals surface area contributed by atoms with Gasteiger partial charge in [0.25, 0.3) is 5.91 Å². The predicted molar refractivity (Wildman–Crippen MR) is 138 cm³/mol. The van der Waals surface area contributed by atoms with Crippen LogP contribution in [-0.4, -0.2) is 36.8 Å². The average molecular weight is 492 g/mol. The summed E-state index contributed by atoms with van der Waals surface area (Å²) in [7, 11) is 3.16. The molecular weight excluding hydrogens is 458 g/mol. The molecule has 190 valence electrons. The molecule has 0 spiro atoms. The van der Waals surface area contributed by atoms with E-state index in [0.717, 1.165) is 27.8 Å². The van der Waals surface area contributed by atoms with Crippen LogP contribution in [0.1, 0.15) is 47.8 Å². The van der Waals surface area contributed by atoms with Crippen LogP contribution in [-0.2, 0) is 17.8 Å². The maximum Gasteiger partial charge on any atom is 0.407 e. The second-order valence-corrected chi connectivity index (χ2v) is 9.37. The minimum absolute atomic E-state index is 0.204. The Hall–Kier alpha value is -4.07. The van der Waals surface area contributed by atoms with Gasteiger partial charge in [-0.25, -0.2) is 4.79 Å². The normalized spacial score (nSPS) is 10.9. The summed E-state index contributed by atoms with van der Waals surface area (Å²) in [4.78, 5) is 29.6. The van der Waals surface area contributed by atoms with E-state index in [9.17, 15) is 9.59 Å². The van der Waals surface area contributed by atoms with E-state index in [1.165, 1.54) is 0 Å². The lowest BCUT2D eigenvalue weighted by Gasteiger charge is -2.20. The third kappa shape index (κ3) is 7.46. The fourth-order valence-corrected chi connectivity index (χ4v) is 3.59. The first-order chi connectivity index (χ1) is 17.1. The van der Waals surface area contributed by atoms with E-state index in [2.05, 4.69) is 15.6 Å². The molecule has 0 bridgehead atoms. The number of aromatic nitrogens is 1. The monoisotopic (exact) mass is 491 g/mol. The van der Waals surface area contributed by atoms with Gasteiger partial charge in [0.1, 0.15) is 17.1 Å². The fourth-order valence-electron chi connectivity index (χ4n) is 3.59. The molecule has 3 rings (SSSR count). The molecule has 8 nitrogen and oxygen atoms in total. The van der Waals surface area contributed by atoms with E-state index >= 15 is 0 Å². The molecule has 0 saturated carbocycles. The van der Waals surface area contributed by atoms with Crippen LogP contribution in [0.2, 0.25) is 0 Å². The minimum atomic E-state index is -0.605. The zero-order chi connectivity index (χ0) is 26.3. The van der Waals surface area contributed by atoms with Crippen LogP contribution in [0.15, 0.2) is 54.9 Å². The molecule has 36 heavy (non-hydrogen) atoms. The van der Waals surface area contributed by atoms with Crippen molar-refractivity contribution in [2.45, 2.75) is 46.4 Å². The summed E-state index contributed by atoms with van der Waals surface area (Å²) in [5.41, 5.74) is 4.22. The van der Waals surface area contributed by atoms with Crippen LogP contribution < -0.4 is 20.1 Å². The number of hydrogen-bond acceptors (Lipinski definition) is 6. The Labute approximate surface area is 212 Å². The number of carbonyl (C=O) groups is 2. The van der Waals surface area contributed by atoms with Gasteiger partial charge < -0.3 is 24.8 Å². The highest BCUT2D eigenvalue weighted by Gasteiger charge is 2.17. The highest BCUT2D eigenvalue weighted by molar-refractivity contribution is 5.95. The first-order valence-electron chi connectivity index (χ1n) is 11.6. The summed E-state index contributed by atoms with van der Waals surface area (Å²) in [6.07, 6.45) is 2.96. The van der Waals surface area contributed by atoms with Crippen LogP contribution >= 0.6 is 0 Å². The summed E-state index contributed by atoms with van der Waals surface area (Å²) >= 11 is 0. The highest BCUT2D eigenvalue weighted by Crippen LogP contribution is 2.26. The first-order valence-corrected chi connectivity index (χ1v) is 11.6. The van der Waals surface area contributed by atoms with Gasteiger partial charge in [0.05, 0.1) is 14.2 Å². The van der Waals surface area contributed by atoms with Gasteiger partial charge in [0.2, 0.25) is 0 Å². The molecule has 0 aliphatic heterocycles. The van der Waals surface area contributed by atoms with Crippen molar-refractivity contribution in [1.29, 1.82) is 0 Å². The van der Waals surface area contributed by atoms with E-state index in [-0.39, 0.29) is 19.0 Å². The van der Waals surface area contributed by atoms with Gasteiger partial charge in [0.15, 0.2) is 0 Å². The molecule has 3 aromatic rings. The quantitative estimate of drug-likeness (QED) is 0.459. The van der Waals surface area contributed by atoms with Gasteiger partial charge in [-0.3, -0.25) is 9.78 Å². The van der Waals surface area contributed by atoms with E-state index in [1.807, 2.05) is 37.3 Å². The molecular formula is C28H33N3O5. The van der Waals surface area contributed by atoms with Crippen molar-refractivity contribution in [2.24, 2.45) is 0 Å². The summed E-state index contributed by atoms with van der Waals surface area (Å²) in [6, 6.07) is 12.9. The number of benzene rings is 2. The summed E-state index contributed by atoms with van der Waals surface area (Å²) in [5.74, 6) is 1.03. The molecule has 0 fully saturated rings. The van der Waals surface area contributed by atoms with E-state index in [4.69, 9.17) is 14.2 Å². The van der Waals surface area contributed by atoms with E-state index in [1.54, 1.807) is 59.5 Å². The molecule has 0 aliphatic rings. The van der Waals surface area contributed by atoms with E-state index in [0.29, 0.717) is 17.1 Å². The van der Waals surface area contributed by atoms with Crippen LogP contribution in [0.5, 0.6) is 11.5 Å². The molecule has 0 radical (unpaired) electrons. The van der Waals surface area contributed by atoms with Crippen molar-refractivity contribution < 1.29 is 23.8 Å². The number of hydrogen-bond donors (Lipinski definition) is 2. The number of nitrogens with one attached hydrogen (secondary N) is 2. The second-order valence-electron chi connectivity index (χ2n) is 9.37. The lowest BCUT2D eigenvalue weighted by molar-refractivity contribution is 0.0523. The van der Waals surface area contributed by atoms with Gasteiger partial charge in [-0.15, -0.1) is 0 Å². The fraction of sp³-hybridized carbons (Fsp3) is 0.321. The van der Waals surface area contributed by atoms with Crippen molar-refractivity contribution in [2.75, 3.05) is 14.2 Å². The number of alkyl carbamates (subject to hydrolysis) is 1. The number of aryl methyl sites for hydroxylation is 1. The third-order valence-corrected chi connectivity index (χ3v) is 5.31. The van der Waals surface area contributed by atoms with Crippen LogP contribution in [0.25, 0.3) is 11.1 Å². The molecule has 0 saturated heterocycles. The van der Waals surface area contributed by atoms with Crippen molar-refractivity contribution in [3.8, 4) is 22.6 Å². The van der Waals surface area contributed by atoms with Crippen LogP contribution in [0.3, 0.4) is 0 Å². The summed E-state index contributed by atoms with van der Waals surface area (Å²) in [5, 5.41) is 5.72. The summed E-state index contributed by atoms with van der Waals surface area (Å²) in [6.45, 7) is 7.89. The largest absolute Gasteiger partial charge is 0.497 e. The Morgan fingerprint density at radius 1 is 0.889 bits per heavy atom. The highest BCUT2D eigenvalue weighted by atomic mass is 16.6. The Morgan fingerprint density at radius 3 is 2.14 bits per heavy atom. The number of amides is 2. The van der Waals surface area contributed by atoms with Crippen LogP contribution in [0.4, 0.5) is 4.79 Å².